The van der Waals surface area contributed by atoms with Crippen LogP contribution in [-0.2, 0) is 4.74 Å². The normalized spacial score (nSPS) is 10.5. The van der Waals surface area contributed by atoms with Crippen LogP contribution in [0.4, 0.5) is 11.4 Å². The number of benzene rings is 1. The predicted octanol–water partition coefficient (Wildman–Crippen LogP) is 3.66. The van der Waals surface area contributed by atoms with Gasteiger partial charge in [-0.05, 0) is 18.2 Å². The predicted molar refractivity (Wildman–Crippen MR) is 84.9 cm³/mol. The first-order valence-corrected chi connectivity index (χ1v) is 6.77. The Morgan fingerprint density at radius 1 is 1.10 bits per heavy atom. The summed E-state index contributed by atoms with van der Waals surface area (Å²) >= 11 is 17.8. The van der Waals surface area contributed by atoms with Gasteiger partial charge in [-0.3, -0.25) is 0 Å². The molecule has 1 heterocycles. The third-order valence-corrected chi connectivity index (χ3v) is 3.85. The van der Waals surface area contributed by atoms with Crippen molar-refractivity contribution in [3.05, 3.63) is 39.0 Å². The van der Waals surface area contributed by atoms with Crippen molar-refractivity contribution in [1.82, 2.24) is 4.98 Å². The molecule has 0 saturated carbocycles. The molecule has 0 aliphatic rings. The van der Waals surface area contributed by atoms with E-state index in [0.29, 0.717) is 27.0 Å². The maximum absolute atomic E-state index is 11.7. The summed E-state index contributed by atoms with van der Waals surface area (Å²) < 4.78 is 4.62. The van der Waals surface area contributed by atoms with Crippen molar-refractivity contribution in [1.29, 1.82) is 0 Å². The van der Waals surface area contributed by atoms with Crippen LogP contribution in [0.5, 0.6) is 0 Å². The summed E-state index contributed by atoms with van der Waals surface area (Å²) in [6.07, 6.45) is 0. The number of aromatic nitrogens is 1. The molecule has 2 rings (SSSR count). The Labute approximate surface area is 135 Å². The summed E-state index contributed by atoms with van der Waals surface area (Å²) in [6.45, 7) is 0. The van der Waals surface area contributed by atoms with E-state index in [1.165, 1.54) is 25.3 Å². The van der Waals surface area contributed by atoms with Crippen molar-refractivity contribution in [3.8, 4) is 11.3 Å². The van der Waals surface area contributed by atoms with Gasteiger partial charge in [0.15, 0.2) is 5.69 Å². The monoisotopic (exact) mass is 345 g/mol. The molecule has 21 heavy (non-hydrogen) atoms. The number of nitrogens with zero attached hydrogens (tertiary/aromatic N) is 1. The first-order chi connectivity index (χ1) is 9.85. The minimum absolute atomic E-state index is 0.0178. The molecule has 0 fully saturated rings. The number of carbonyl (C=O) groups is 1. The van der Waals surface area contributed by atoms with E-state index in [-0.39, 0.29) is 16.4 Å². The molecule has 0 radical (unpaired) electrons. The SMILES string of the molecule is COC(=O)c1nc(-c2cc(Cl)c(Cl)cc2N)cc(N)c1Cl. The number of nitrogen functional groups attached to an aromatic ring is 2. The van der Waals surface area contributed by atoms with Gasteiger partial charge in [-0.1, -0.05) is 34.8 Å². The van der Waals surface area contributed by atoms with Crippen LogP contribution in [0.25, 0.3) is 11.3 Å². The number of halogens is 3. The molecule has 0 unspecified atom stereocenters. The molecule has 0 bridgehead atoms. The summed E-state index contributed by atoms with van der Waals surface area (Å²) in [7, 11) is 1.22. The molecule has 5 nitrogen and oxygen atoms in total. The lowest BCUT2D eigenvalue weighted by Gasteiger charge is -2.11. The average Bonchev–Trinajstić information content (AvgIpc) is 2.45. The number of hydrogen-bond acceptors (Lipinski definition) is 5. The molecule has 110 valence electrons. The average molecular weight is 347 g/mol. The maximum Gasteiger partial charge on any atom is 0.358 e. The Hall–Kier alpha value is -1.69. The number of ether oxygens (including phenoxy) is 1. The smallest absolute Gasteiger partial charge is 0.358 e. The topological polar surface area (TPSA) is 91.2 Å². The van der Waals surface area contributed by atoms with E-state index in [2.05, 4.69) is 9.72 Å². The summed E-state index contributed by atoms with van der Waals surface area (Å²) in [5.74, 6) is -0.702. The van der Waals surface area contributed by atoms with E-state index in [0.717, 1.165) is 0 Å². The number of pyridine rings is 1. The lowest BCUT2D eigenvalue weighted by molar-refractivity contribution is 0.0594. The Morgan fingerprint density at radius 3 is 2.33 bits per heavy atom. The molecule has 0 aliphatic heterocycles. The van der Waals surface area contributed by atoms with Crippen LogP contribution in [0.1, 0.15) is 10.5 Å². The van der Waals surface area contributed by atoms with Crippen molar-refractivity contribution in [2.45, 2.75) is 0 Å². The van der Waals surface area contributed by atoms with Crippen LogP contribution < -0.4 is 11.5 Å². The highest BCUT2D eigenvalue weighted by atomic mass is 35.5. The summed E-state index contributed by atoms with van der Waals surface area (Å²) in [6, 6.07) is 4.52. The highest BCUT2D eigenvalue weighted by molar-refractivity contribution is 6.42. The number of carbonyl (C=O) groups excluding carboxylic acids is 1. The fourth-order valence-electron chi connectivity index (χ4n) is 1.70. The zero-order valence-electron chi connectivity index (χ0n) is 10.8. The third kappa shape index (κ3) is 3.00. The highest BCUT2D eigenvalue weighted by Gasteiger charge is 2.19. The second-order valence-electron chi connectivity index (χ2n) is 4.10. The number of hydrogen-bond donors (Lipinski definition) is 2. The number of rotatable bonds is 2. The third-order valence-electron chi connectivity index (χ3n) is 2.73. The standard InChI is InChI=1S/C13H10Cl3N3O2/c1-21-13(20)12-11(16)9(18)4-10(19-12)5-2-6(14)7(15)3-8(5)17/h2-4H,17H2,1H3,(H2,18,19). The quantitative estimate of drug-likeness (QED) is 0.639. The zero-order valence-corrected chi connectivity index (χ0v) is 13.1. The number of methoxy groups -OCH3 is 1. The zero-order chi connectivity index (χ0) is 15.7. The molecule has 1 aromatic heterocycles. The molecule has 0 saturated heterocycles. The van der Waals surface area contributed by atoms with Gasteiger partial charge >= 0.3 is 5.97 Å². The van der Waals surface area contributed by atoms with Gasteiger partial charge in [-0.25, -0.2) is 9.78 Å². The lowest BCUT2D eigenvalue weighted by atomic mass is 10.1. The Balaban J connectivity index is 2.68. The van der Waals surface area contributed by atoms with Crippen molar-refractivity contribution in [2.24, 2.45) is 0 Å². The molecule has 0 aliphatic carbocycles. The van der Waals surface area contributed by atoms with Crippen LogP contribution in [0, 0.1) is 0 Å². The fourth-order valence-corrected chi connectivity index (χ4v) is 2.21. The number of nitrogens with two attached hydrogens (primary N) is 2. The van der Waals surface area contributed by atoms with Gasteiger partial charge in [-0.2, -0.15) is 0 Å². The fraction of sp³-hybridized carbons (Fsp3) is 0.0769. The van der Waals surface area contributed by atoms with E-state index >= 15 is 0 Å². The molecular weight excluding hydrogens is 337 g/mol. The molecule has 0 spiro atoms. The molecule has 0 amide bonds. The molecule has 0 atom stereocenters. The molecule has 4 N–H and O–H groups in total. The Bertz CT molecular complexity index is 735. The van der Waals surface area contributed by atoms with Crippen LogP contribution >= 0.6 is 34.8 Å². The van der Waals surface area contributed by atoms with Crippen molar-refractivity contribution in [2.75, 3.05) is 18.6 Å². The van der Waals surface area contributed by atoms with E-state index in [1.807, 2.05) is 0 Å². The van der Waals surface area contributed by atoms with Gasteiger partial charge in [0.05, 0.1) is 33.6 Å². The van der Waals surface area contributed by atoms with Gasteiger partial charge in [0, 0.05) is 11.3 Å². The van der Waals surface area contributed by atoms with E-state index in [1.54, 1.807) is 0 Å². The van der Waals surface area contributed by atoms with Crippen molar-refractivity contribution >= 4 is 52.1 Å². The van der Waals surface area contributed by atoms with Crippen LogP contribution in [0.15, 0.2) is 18.2 Å². The van der Waals surface area contributed by atoms with Crippen molar-refractivity contribution < 1.29 is 9.53 Å². The van der Waals surface area contributed by atoms with Crippen LogP contribution in [0.3, 0.4) is 0 Å². The Kier molecular flexibility index (Phi) is 4.46. The molecule has 2 aromatic rings. The highest BCUT2D eigenvalue weighted by Crippen LogP contribution is 2.35. The minimum Gasteiger partial charge on any atom is -0.464 e. The number of esters is 1. The van der Waals surface area contributed by atoms with Gasteiger partial charge in [0.1, 0.15) is 0 Å². The van der Waals surface area contributed by atoms with E-state index < -0.39 is 5.97 Å². The van der Waals surface area contributed by atoms with Crippen molar-refractivity contribution in [3.63, 3.8) is 0 Å². The first-order valence-electron chi connectivity index (χ1n) is 5.64. The summed E-state index contributed by atoms with van der Waals surface area (Å²) in [5.41, 5.74) is 12.9. The first kappa shape index (κ1) is 15.7. The van der Waals surface area contributed by atoms with Gasteiger partial charge in [0.25, 0.3) is 0 Å². The summed E-state index contributed by atoms with van der Waals surface area (Å²) in [4.78, 5) is 15.8. The summed E-state index contributed by atoms with van der Waals surface area (Å²) in [5, 5.41) is 0.632. The van der Waals surface area contributed by atoms with Gasteiger partial charge in [-0.15, -0.1) is 0 Å². The molecular formula is C13H10Cl3N3O2. The van der Waals surface area contributed by atoms with E-state index in [9.17, 15) is 4.79 Å². The van der Waals surface area contributed by atoms with Crippen LogP contribution in [-0.4, -0.2) is 18.1 Å². The van der Waals surface area contributed by atoms with Gasteiger partial charge < -0.3 is 16.2 Å². The maximum atomic E-state index is 11.7. The second kappa shape index (κ2) is 5.97. The van der Waals surface area contributed by atoms with Crippen LogP contribution in [0.2, 0.25) is 15.1 Å². The minimum atomic E-state index is -0.702. The number of anilines is 2. The molecule has 1 aromatic carbocycles. The molecule has 8 heteroatoms. The largest absolute Gasteiger partial charge is 0.464 e. The van der Waals surface area contributed by atoms with Gasteiger partial charge in [0.2, 0.25) is 0 Å². The van der Waals surface area contributed by atoms with E-state index in [4.69, 9.17) is 46.3 Å². The lowest BCUT2D eigenvalue weighted by Crippen LogP contribution is -2.08. The second-order valence-corrected chi connectivity index (χ2v) is 5.30. The Morgan fingerprint density at radius 2 is 1.71 bits per heavy atom.